The first-order chi connectivity index (χ1) is 14.2. The molecule has 1 fully saturated rings. The van der Waals surface area contributed by atoms with Gasteiger partial charge in [0.1, 0.15) is 6.04 Å². The molecule has 0 bridgehead atoms. The number of hydrogen-bond acceptors (Lipinski definition) is 6. The molecule has 1 aliphatic rings. The zero-order chi connectivity index (χ0) is 22.3. The van der Waals surface area contributed by atoms with Gasteiger partial charge in [-0.2, -0.15) is 0 Å². The van der Waals surface area contributed by atoms with Crippen molar-refractivity contribution < 1.29 is 29.1 Å². The van der Waals surface area contributed by atoms with E-state index >= 15 is 0 Å². The lowest BCUT2D eigenvalue weighted by Crippen LogP contribution is -2.46. The number of hydrogen-bond donors (Lipinski definition) is 4. The Balaban J connectivity index is 1.93. The molecule has 0 aliphatic carbocycles. The number of amides is 4. The summed E-state index contributed by atoms with van der Waals surface area (Å²) in [6.07, 6.45) is -0.453. The van der Waals surface area contributed by atoms with Gasteiger partial charge in [0.2, 0.25) is 5.91 Å². The number of carboxylic acid groups (broad SMARTS) is 1. The van der Waals surface area contributed by atoms with Gasteiger partial charge in [-0.1, -0.05) is 5.16 Å². The number of carbonyl (C=O) groups excluding carboxylic acids is 3. The Morgan fingerprint density at radius 3 is 2.57 bits per heavy atom. The van der Waals surface area contributed by atoms with Crippen molar-refractivity contribution in [2.24, 2.45) is 10.9 Å². The molecule has 1 heterocycles. The highest BCUT2D eigenvalue weighted by atomic mass is 16.7. The summed E-state index contributed by atoms with van der Waals surface area (Å²) in [4.78, 5) is 53.6. The number of carboxylic acids is 1. The molecular formula is C18H24N6O6. The summed E-state index contributed by atoms with van der Waals surface area (Å²) < 4.78 is 0. The van der Waals surface area contributed by atoms with Gasteiger partial charge in [0.15, 0.2) is 5.84 Å². The van der Waals surface area contributed by atoms with Crippen LogP contribution in [0.3, 0.4) is 0 Å². The molecule has 1 aliphatic heterocycles. The average molecular weight is 420 g/mol. The molecule has 0 radical (unpaired) electrons. The number of carbonyl (C=O) groups is 4. The first-order valence-corrected chi connectivity index (χ1v) is 9.08. The van der Waals surface area contributed by atoms with Gasteiger partial charge >= 0.3 is 18.1 Å². The zero-order valence-electron chi connectivity index (χ0n) is 16.6. The topological polar surface area (TPSA) is 167 Å². The molecule has 0 saturated carbocycles. The van der Waals surface area contributed by atoms with E-state index < -0.39 is 24.1 Å². The maximum Gasteiger partial charge on any atom is 0.435 e. The lowest BCUT2D eigenvalue weighted by molar-refractivity contribution is -0.136. The zero-order valence-corrected chi connectivity index (χ0v) is 16.6. The van der Waals surface area contributed by atoms with Crippen molar-refractivity contribution in [2.75, 3.05) is 32.1 Å². The predicted octanol–water partition coefficient (Wildman–Crippen LogP) is -0.116. The number of oxime groups is 1. The Kier molecular flexibility index (Phi) is 7.56. The second kappa shape index (κ2) is 10.1. The molecule has 2 rings (SSSR count). The number of nitrogens with one attached hydrogen (secondary N) is 2. The number of nitrogens with two attached hydrogens (primary N) is 1. The third kappa shape index (κ3) is 6.09. The van der Waals surface area contributed by atoms with Crippen LogP contribution in [0, 0.1) is 0 Å². The first kappa shape index (κ1) is 22.5. The van der Waals surface area contributed by atoms with E-state index in [1.54, 1.807) is 24.3 Å². The summed E-state index contributed by atoms with van der Waals surface area (Å²) in [5.74, 6) is -1.30. The van der Waals surface area contributed by atoms with E-state index in [0.717, 1.165) is 0 Å². The van der Waals surface area contributed by atoms with Crippen molar-refractivity contribution >= 4 is 35.5 Å². The molecule has 30 heavy (non-hydrogen) atoms. The van der Waals surface area contributed by atoms with Gasteiger partial charge in [-0.15, -0.1) is 0 Å². The average Bonchev–Trinajstić information content (AvgIpc) is 3.05. The van der Waals surface area contributed by atoms with Crippen LogP contribution in [0.1, 0.15) is 18.4 Å². The van der Waals surface area contributed by atoms with Crippen molar-refractivity contribution in [1.29, 1.82) is 0 Å². The maximum absolute atomic E-state index is 12.6. The van der Waals surface area contributed by atoms with Crippen LogP contribution in [-0.2, 0) is 14.4 Å². The summed E-state index contributed by atoms with van der Waals surface area (Å²) in [6, 6.07) is 5.29. The normalized spacial score (nSPS) is 16.2. The molecular weight excluding hydrogens is 396 g/mol. The van der Waals surface area contributed by atoms with Crippen molar-refractivity contribution in [2.45, 2.75) is 18.9 Å². The lowest BCUT2D eigenvalue weighted by Gasteiger charge is -2.18. The summed E-state index contributed by atoms with van der Waals surface area (Å²) in [5.41, 5.74) is 6.91. The van der Waals surface area contributed by atoms with E-state index in [0.29, 0.717) is 24.2 Å². The molecule has 1 aromatic rings. The number of aliphatic carboxylic acids is 1. The van der Waals surface area contributed by atoms with Crippen molar-refractivity contribution in [3.8, 4) is 0 Å². The maximum atomic E-state index is 12.6. The number of anilines is 1. The van der Waals surface area contributed by atoms with E-state index in [-0.39, 0.29) is 24.7 Å². The second-order valence-corrected chi connectivity index (χ2v) is 6.65. The molecule has 1 aromatic carbocycles. The van der Waals surface area contributed by atoms with E-state index in [4.69, 9.17) is 10.8 Å². The van der Waals surface area contributed by atoms with Crippen LogP contribution in [0.25, 0.3) is 0 Å². The molecule has 0 aromatic heterocycles. The Morgan fingerprint density at radius 1 is 1.30 bits per heavy atom. The van der Waals surface area contributed by atoms with Crippen LogP contribution >= 0.6 is 0 Å². The quantitative estimate of drug-likeness (QED) is 0.206. The molecule has 1 atom stereocenters. The fourth-order valence-electron chi connectivity index (χ4n) is 2.60. The fraction of sp³-hybridized carbons (Fsp3) is 0.389. The first-order valence-electron chi connectivity index (χ1n) is 9.08. The van der Waals surface area contributed by atoms with Gasteiger partial charge in [0.05, 0.1) is 6.42 Å². The van der Waals surface area contributed by atoms with Crippen LogP contribution in [0.2, 0.25) is 0 Å². The van der Waals surface area contributed by atoms with Gasteiger partial charge in [-0.3, -0.25) is 14.4 Å². The third-order valence-electron chi connectivity index (χ3n) is 4.20. The number of rotatable bonds is 7. The third-order valence-corrected chi connectivity index (χ3v) is 4.20. The second-order valence-electron chi connectivity index (χ2n) is 6.65. The highest BCUT2D eigenvalue weighted by Gasteiger charge is 2.33. The molecule has 1 saturated heterocycles. The van der Waals surface area contributed by atoms with Gasteiger partial charge in [-0.05, 0) is 30.7 Å². The van der Waals surface area contributed by atoms with E-state index in [1.807, 2.05) is 0 Å². The number of amidine groups is 1. The molecule has 0 spiro atoms. The van der Waals surface area contributed by atoms with Crippen LogP contribution in [0.5, 0.6) is 0 Å². The van der Waals surface area contributed by atoms with E-state index in [9.17, 15) is 19.2 Å². The molecule has 162 valence electrons. The van der Waals surface area contributed by atoms with Crippen LogP contribution < -0.4 is 21.3 Å². The van der Waals surface area contributed by atoms with Crippen molar-refractivity contribution in [3.05, 3.63) is 29.8 Å². The smallest absolute Gasteiger partial charge is 0.435 e. The van der Waals surface area contributed by atoms with Gasteiger partial charge in [0, 0.05) is 38.4 Å². The minimum atomic E-state index is -1.02. The SMILES string of the molecule is CN(C)C(=O)ON=C(N)c1ccc(N2CC[C@H](NC(=O)NCCC(=O)O)C2=O)cc1. The number of nitrogens with zero attached hydrogens (tertiary/aromatic N) is 3. The largest absolute Gasteiger partial charge is 0.481 e. The standard InChI is InChI=1S/C18H24N6O6/c1-23(2)18(29)30-22-15(19)11-3-5-12(6-4-11)24-10-8-13(16(24)27)21-17(28)20-9-7-14(25)26/h3-6,13H,7-10H2,1-2H3,(H2,19,22)(H,25,26)(H2,20,21,28)/t13-/m0/s1. The fourth-order valence-corrected chi connectivity index (χ4v) is 2.60. The van der Waals surface area contributed by atoms with Gasteiger partial charge in [-0.25, -0.2) is 9.59 Å². The molecule has 0 unspecified atom stereocenters. The number of urea groups is 1. The number of benzene rings is 1. The van der Waals surface area contributed by atoms with Crippen LogP contribution in [0.4, 0.5) is 15.3 Å². The Hall–Kier alpha value is -3.83. The highest BCUT2D eigenvalue weighted by molar-refractivity contribution is 6.02. The lowest BCUT2D eigenvalue weighted by atomic mass is 10.2. The highest BCUT2D eigenvalue weighted by Crippen LogP contribution is 2.22. The minimum absolute atomic E-state index is 0.00192. The van der Waals surface area contributed by atoms with E-state index in [2.05, 4.69) is 20.6 Å². The molecule has 5 N–H and O–H groups in total. The predicted molar refractivity (Wildman–Crippen MR) is 107 cm³/mol. The van der Waals surface area contributed by atoms with Crippen molar-refractivity contribution in [3.63, 3.8) is 0 Å². The monoisotopic (exact) mass is 420 g/mol. The Labute approximate surface area is 172 Å². The Bertz CT molecular complexity index is 838. The van der Waals surface area contributed by atoms with E-state index in [1.165, 1.54) is 23.9 Å². The molecule has 12 heteroatoms. The molecule has 4 amide bonds. The van der Waals surface area contributed by atoms with Gasteiger partial charge in [0.25, 0.3) is 0 Å². The molecule has 12 nitrogen and oxygen atoms in total. The minimum Gasteiger partial charge on any atom is -0.481 e. The summed E-state index contributed by atoms with van der Waals surface area (Å²) in [7, 11) is 3.02. The van der Waals surface area contributed by atoms with Crippen molar-refractivity contribution in [1.82, 2.24) is 15.5 Å². The summed E-state index contributed by atoms with van der Waals surface area (Å²) >= 11 is 0. The summed E-state index contributed by atoms with van der Waals surface area (Å²) in [6.45, 7) is 0.377. The van der Waals surface area contributed by atoms with Gasteiger partial charge < -0.3 is 31.3 Å². The van der Waals surface area contributed by atoms with Crippen LogP contribution in [0.15, 0.2) is 29.4 Å². The Morgan fingerprint density at radius 2 is 1.97 bits per heavy atom. The summed E-state index contributed by atoms with van der Waals surface area (Å²) in [5, 5.41) is 17.1. The van der Waals surface area contributed by atoms with Crippen LogP contribution in [-0.4, -0.2) is 73.1 Å².